The molecule has 7 heteroatoms. The first-order chi connectivity index (χ1) is 13.3. The number of imide groups is 1. The Bertz CT molecular complexity index is 852. The van der Waals surface area contributed by atoms with Gasteiger partial charge in [0.25, 0.3) is 0 Å². The minimum absolute atomic E-state index is 0.0650. The van der Waals surface area contributed by atoms with Crippen LogP contribution in [0.1, 0.15) is 16.7 Å². The average Bonchev–Trinajstić information content (AvgIpc) is 2.64. The summed E-state index contributed by atoms with van der Waals surface area (Å²) < 4.78 is 10.6. The third-order valence-corrected chi connectivity index (χ3v) is 4.23. The Kier molecular flexibility index (Phi) is 7.40. The zero-order valence-corrected chi connectivity index (χ0v) is 17.0. The van der Waals surface area contributed by atoms with Crippen LogP contribution in [0.25, 0.3) is 0 Å². The molecule has 7 nitrogen and oxygen atoms in total. The van der Waals surface area contributed by atoms with Crippen molar-refractivity contribution in [1.82, 2.24) is 10.2 Å². The van der Waals surface area contributed by atoms with E-state index >= 15 is 0 Å². The number of hydrogen-bond donors (Lipinski definition) is 2. The quantitative estimate of drug-likeness (QED) is 0.766. The number of carbonyl (C=O) groups excluding carboxylic acids is 2. The number of amides is 3. The topological polar surface area (TPSA) is 79.9 Å². The second-order valence-corrected chi connectivity index (χ2v) is 6.67. The smallest absolute Gasteiger partial charge is 0.325 e. The number of carbonyl (C=O) groups is 2. The Morgan fingerprint density at radius 1 is 1.04 bits per heavy atom. The number of hydrogen-bond acceptors (Lipinski definition) is 5. The molecule has 150 valence electrons. The zero-order chi connectivity index (χ0) is 20.7. The molecule has 3 amide bonds. The van der Waals surface area contributed by atoms with Crippen molar-refractivity contribution in [2.24, 2.45) is 0 Å². The van der Waals surface area contributed by atoms with Crippen molar-refractivity contribution in [3.63, 3.8) is 0 Å². The molecule has 0 radical (unpaired) electrons. The highest BCUT2D eigenvalue weighted by atomic mass is 16.5. The predicted octanol–water partition coefficient (Wildman–Crippen LogP) is 3.10. The second-order valence-electron chi connectivity index (χ2n) is 6.67. The molecule has 0 aliphatic rings. The van der Waals surface area contributed by atoms with E-state index in [0.29, 0.717) is 23.7 Å². The Balaban J connectivity index is 1.89. The van der Waals surface area contributed by atoms with Crippen LogP contribution >= 0.6 is 0 Å². The van der Waals surface area contributed by atoms with Gasteiger partial charge in [-0.15, -0.1) is 0 Å². The number of ether oxygens (including phenoxy) is 2. The molecule has 0 heterocycles. The lowest BCUT2D eigenvalue weighted by Gasteiger charge is -2.18. The number of methoxy groups -OCH3 is 2. The van der Waals surface area contributed by atoms with Gasteiger partial charge in [-0.25, -0.2) is 4.79 Å². The number of nitrogens with one attached hydrogen (secondary N) is 2. The lowest BCUT2D eigenvalue weighted by atomic mass is 10.1. The van der Waals surface area contributed by atoms with E-state index in [9.17, 15) is 9.59 Å². The summed E-state index contributed by atoms with van der Waals surface area (Å²) in [6.07, 6.45) is 0. The van der Waals surface area contributed by atoms with Gasteiger partial charge in [-0.2, -0.15) is 0 Å². The van der Waals surface area contributed by atoms with Crippen LogP contribution in [0, 0.1) is 13.8 Å². The SMILES string of the molecule is COc1ccc(CN(C)CC(=O)NC(=O)Nc2ccc(C)cc2C)c(OC)c1. The number of rotatable bonds is 7. The fourth-order valence-electron chi connectivity index (χ4n) is 2.85. The van der Waals surface area contributed by atoms with Crippen LogP contribution in [0.3, 0.4) is 0 Å². The van der Waals surface area contributed by atoms with Crippen molar-refractivity contribution < 1.29 is 19.1 Å². The van der Waals surface area contributed by atoms with Crippen LogP contribution in [-0.4, -0.2) is 44.7 Å². The van der Waals surface area contributed by atoms with Gasteiger partial charge in [-0.1, -0.05) is 23.8 Å². The number of aryl methyl sites for hydroxylation is 2. The first-order valence-corrected chi connectivity index (χ1v) is 8.90. The molecule has 0 aliphatic carbocycles. The number of likely N-dealkylation sites (N-methyl/N-ethyl adjacent to an activating group) is 1. The van der Waals surface area contributed by atoms with Crippen LogP contribution in [-0.2, 0) is 11.3 Å². The molecule has 2 N–H and O–H groups in total. The van der Waals surface area contributed by atoms with E-state index in [2.05, 4.69) is 10.6 Å². The molecule has 0 fully saturated rings. The van der Waals surface area contributed by atoms with Crippen LogP contribution in [0.15, 0.2) is 36.4 Å². The Hall–Kier alpha value is -3.06. The highest BCUT2D eigenvalue weighted by molar-refractivity contribution is 6.02. The largest absolute Gasteiger partial charge is 0.497 e. The van der Waals surface area contributed by atoms with Gasteiger partial charge in [0, 0.05) is 23.9 Å². The summed E-state index contributed by atoms with van der Waals surface area (Å²) >= 11 is 0. The van der Waals surface area contributed by atoms with Gasteiger partial charge in [0.15, 0.2) is 0 Å². The number of benzene rings is 2. The Morgan fingerprint density at radius 3 is 2.43 bits per heavy atom. The molecule has 2 aromatic carbocycles. The zero-order valence-electron chi connectivity index (χ0n) is 17.0. The third-order valence-electron chi connectivity index (χ3n) is 4.23. The highest BCUT2D eigenvalue weighted by Gasteiger charge is 2.14. The molecule has 0 saturated carbocycles. The molecule has 28 heavy (non-hydrogen) atoms. The van der Waals surface area contributed by atoms with Crippen LogP contribution in [0.4, 0.5) is 10.5 Å². The molecule has 0 atom stereocenters. The summed E-state index contributed by atoms with van der Waals surface area (Å²) in [5.41, 5.74) is 3.63. The summed E-state index contributed by atoms with van der Waals surface area (Å²) in [6, 6.07) is 10.7. The summed E-state index contributed by atoms with van der Waals surface area (Å²) in [5, 5.41) is 5.05. The van der Waals surface area contributed by atoms with Crippen LogP contribution < -0.4 is 20.1 Å². The van der Waals surface area contributed by atoms with Crippen molar-refractivity contribution in [3.8, 4) is 11.5 Å². The fraction of sp³-hybridized carbons (Fsp3) is 0.333. The summed E-state index contributed by atoms with van der Waals surface area (Å²) in [6.45, 7) is 4.43. The summed E-state index contributed by atoms with van der Waals surface area (Å²) in [7, 11) is 4.97. The lowest BCUT2D eigenvalue weighted by Crippen LogP contribution is -2.40. The molecule has 0 spiro atoms. The van der Waals surface area contributed by atoms with E-state index in [4.69, 9.17) is 9.47 Å². The number of nitrogens with zero attached hydrogens (tertiary/aromatic N) is 1. The van der Waals surface area contributed by atoms with Crippen molar-refractivity contribution >= 4 is 17.6 Å². The molecular weight excluding hydrogens is 358 g/mol. The van der Waals surface area contributed by atoms with Crippen molar-refractivity contribution in [2.45, 2.75) is 20.4 Å². The minimum Gasteiger partial charge on any atom is -0.497 e. The van der Waals surface area contributed by atoms with E-state index in [1.165, 1.54) is 0 Å². The van der Waals surface area contributed by atoms with Crippen LogP contribution in [0.5, 0.6) is 11.5 Å². The molecule has 0 unspecified atom stereocenters. The highest BCUT2D eigenvalue weighted by Crippen LogP contribution is 2.25. The Morgan fingerprint density at radius 2 is 1.79 bits per heavy atom. The predicted molar refractivity (Wildman–Crippen MR) is 109 cm³/mol. The van der Waals surface area contributed by atoms with Gasteiger partial charge in [0.1, 0.15) is 11.5 Å². The lowest BCUT2D eigenvalue weighted by molar-refractivity contribution is -0.120. The first-order valence-electron chi connectivity index (χ1n) is 8.90. The molecule has 0 aromatic heterocycles. The van der Waals surface area contributed by atoms with E-state index < -0.39 is 11.9 Å². The van der Waals surface area contributed by atoms with E-state index in [1.807, 2.05) is 44.2 Å². The van der Waals surface area contributed by atoms with E-state index in [-0.39, 0.29) is 6.54 Å². The Labute approximate surface area is 165 Å². The van der Waals surface area contributed by atoms with Crippen molar-refractivity contribution in [1.29, 1.82) is 0 Å². The fourth-order valence-corrected chi connectivity index (χ4v) is 2.85. The average molecular weight is 385 g/mol. The molecule has 2 aromatic rings. The standard InChI is InChI=1S/C21H27N3O4/c1-14-6-9-18(15(2)10-14)22-21(26)23-20(25)13-24(3)12-16-7-8-17(27-4)11-19(16)28-5/h6-11H,12-13H2,1-5H3,(H2,22,23,25,26). The maximum Gasteiger partial charge on any atom is 0.325 e. The molecule has 2 rings (SSSR count). The van der Waals surface area contributed by atoms with Crippen LogP contribution in [0.2, 0.25) is 0 Å². The maximum absolute atomic E-state index is 12.2. The van der Waals surface area contributed by atoms with E-state index in [0.717, 1.165) is 16.7 Å². The second kappa shape index (κ2) is 9.75. The molecular formula is C21H27N3O4. The van der Waals surface area contributed by atoms with Gasteiger partial charge in [0.05, 0.1) is 20.8 Å². The molecule has 0 aliphatic heterocycles. The maximum atomic E-state index is 12.2. The van der Waals surface area contributed by atoms with E-state index in [1.54, 1.807) is 32.2 Å². The van der Waals surface area contributed by atoms with Crippen molar-refractivity contribution in [3.05, 3.63) is 53.1 Å². The number of anilines is 1. The minimum atomic E-state index is -0.549. The summed E-state index contributed by atoms with van der Waals surface area (Å²) in [5.74, 6) is 0.987. The summed E-state index contributed by atoms with van der Waals surface area (Å²) in [4.78, 5) is 26.0. The third kappa shape index (κ3) is 5.99. The first kappa shape index (κ1) is 21.2. The van der Waals surface area contributed by atoms with Gasteiger partial charge in [-0.05, 0) is 38.6 Å². The van der Waals surface area contributed by atoms with Gasteiger partial charge in [0.2, 0.25) is 5.91 Å². The monoisotopic (exact) mass is 385 g/mol. The molecule has 0 saturated heterocycles. The van der Waals surface area contributed by atoms with Gasteiger partial charge in [-0.3, -0.25) is 15.0 Å². The molecule has 0 bridgehead atoms. The number of urea groups is 1. The van der Waals surface area contributed by atoms with Gasteiger partial charge >= 0.3 is 6.03 Å². The van der Waals surface area contributed by atoms with Crippen molar-refractivity contribution in [2.75, 3.05) is 33.1 Å². The van der Waals surface area contributed by atoms with Gasteiger partial charge < -0.3 is 14.8 Å². The normalized spacial score (nSPS) is 10.5.